The van der Waals surface area contributed by atoms with Gasteiger partial charge in [0.15, 0.2) is 0 Å². The number of nitrogens with one attached hydrogen (secondary N) is 1. The summed E-state index contributed by atoms with van der Waals surface area (Å²) in [5, 5.41) is 6.47. The van der Waals surface area contributed by atoms with Crippen molar-refractivity contribution in [1.82, 2.24) is 20.2 Å². The van der Waals surface area contributed by atoms with Crippen LogP contribution in [-0.4, -0.2) is 20.2 Å². The molecule has 0 aliphatic rings. The van der Waals surface area contributed by atoms with E-state index in [-0.39, 0.29) is 0 Å². The molecule has 2 aromatic rings. The lowest BCUT2D eigenvalue weighted by Crippen LogP contribution is -1.75. The molecule has 4 nitrogen and oxygen atoms in total. The molecule has 0 fully saturated rings. The van der Waals surface area contributed by atoms with Crippen molar-refractivity contribution >= 4 is 12.2 Å². The molecule has 2 rings (SSSR count). The monoisotopic (exact) mass is 198 g/mol. The molecule has 74 valence electrons. The molecule has 0 aromatic carbocycles. The van der Waals surface area contributed by atoms with Crippen LogP contribution in [0.2, 0.25) is 0 Å². The van der Waals surface area contributed by atoms with Crippen LogP contribution in [0, 0.1) is 0 Å². The van der Waals surface area contributed by atoms with Crippen LogP contribution in [0.5, 0.6) is 0 Å². The van der Waals surface area contributed by atoms with Gasteiger partial charge in [0.25, 0.3) is 0 Å². The predicted molar refractivity (Wildman–Crippen MR) is 58.7 cm³/mol. The Kier molecular flexibility index (Phi) is 3.02. The van der Waals surface area contributed by atoms with Gasteiger partial charge in [-0.25, -0.2) is 4.98 Å². The molecule has 0 radical (unpaired) electrons. The lowest BCUT2D eigenvalue weighted by atomic mass is 10.3. The van der Waals surface area contributed by atoms with Crippen molar-refractivity contribution in [1.29, 1.82) is 0 Å². The summed E-state index contributed by atoms with van der Waals surface area (Å²) in [5.41, 5.74) is 0.930. The van der Waals surface area contributed by atoms with Crippen LogP contribution in [0.25, 0.3) is 12.2 Å². The summed E-state index contributed by atoms with van der Waals surface area (Å²) in [6.45, 7) is 0. The number of hydrogen-bond donors (Lipinski definition) is 1. The molecule has 1 N–H and O–H groups in total. The van der Waals surface area contributed by atoms with Gasteiger partial charge in [0, 0.05) is 6.20 Å². The first-order valence-electron chi connectivity index (χ1n) is 4.56. The third-order valence-electron chi connectivity index (χ3n) is 1.75. The minimum atomic E-state index is 0.737. The zero-order chi connectivity index (χ0) is 10.3. The van der Waals surface area contributed by atoms with E-state index in [1.807, 2.05) is 42.5 Å². The predicted octanol–water partition coefficient (Wildman–Crippen LogP) is 1.93. The van der Waals surface area contributed by atoms with Crippen molar-refractivity contribution in [3.63, 3.8) is 0 Å². The molecular formula is C11H10N4. The van der Waals surface area contributed by atoms with Crippen LogP contribution in [0.15, 0.2) is 42.9 Å². The normalized spacial score (nSPS) is 11.5. The number of pyridine rings is 1. The van der Waals surface area contributed by atoms with Crippen LogP contribution < -0.4 is 0 Å². The van der Waals surface area contributed by atoms with Crippen LogP contribution in [-0.2, 0) is 0 Å². The number of H-pyrrole nitrogens is 1. The van der Waals surface area contributed by atoms with E-state index >= 15 is 0 Å². The second-order valence-corrected chi connectivity index (χ2v) is 2.84. The van der Waals surface area contributed by atoms with Crippen molar-refractivity contribution in [2.45, 2.75) is 0 Å². The largest absolute Gasteiger partial charge is 0.260 e. The van der Waals surface area contributed by atoms with Gasteiger partial charge in [-0.1, -0.05) is 18.2 Å². The highest BCUT2D eigenvalue weighted by atomic mass is 15.2. The Labute approximate surface area is 87.4 Å². The molecule has 0 bridgehead atoms. The fourth-order valence-electron chi connectivity index (χ4n) is 1.07. The minimum absolute atomic E-state index is 0.737. The van der Waals surface area contributed by atoms with Crippen LogP contribution in [0.3, 0.4) is 0 Å². The summed E-state index contributed by atoms with van der Waals surface area (Å²) in [6.07, 6.45) is 10.8. The number of aromatic nitrogens is 4. The van der Waals surface area contributed by atoms with E-state index in [0.717, 1.165) is 11.5 Å². The van der Waals surface area contributed by atoms with Gasteiger partial charge in [0.1, 0.15) is 12.2 Å². The zero-order valence-corrected chi connectivity index (χ0v) is 8.04. The van der Waals surface area contributed by atoms with Gasteiger partial charge in [-0.2, -0.15) is 5.10 Å². The molecule has 0 atom stereocenters. The second-order valence-electron chi connectivity index (χ2n) is 2.84. The molecule has 2 heterocycles. The van der Waals surface area contributed by atoms with Crippen molar-refractivity contribution < 1.29 is 0 Å². The van der Waals surface area contributed by atoms with Crippen molar-refractivity contribution in [3.8, 4) is 0 Å². The third kappa shape index (κ3) is 2.87. The molecule has 0 amide bonds. The number of hydrogen-bond acceptors (Lipinski definition) is 3. The van der Waals surface area contributed by atoms with E-state index in [1.165, 1.54) is 6.33 Å². The smallest absolute Gasteiger partial charge is 0.148 e. The second kappa shape index (κ2) is 4.85. The van der Waals surface area contributed by atoms with Crippen LogP contribution >= 0.6 is 0 Å². The highest BCUT2D eigenvalue weighted by Gasteiger charge is 1.84. The van der Waals surface area contributed by atoms with Gasteiger partial charge in [-0.15, -0.1) is 0 Å². The van der Waals surface area contributed by atoms with E-state index in [4.69, 9.17) is 0 Å². The lowest BCUT2D eigenvalue weighted by molar-refractivity contribution is 1.08. The maximum absolute atomic E-state index is 4.16. The Morgan fingerprint density at radius 1 is 1.07 bits per heavy atom. The number of allylic oxidation sites excluding steroid dienone is 2. The van der Waals surface area contributed by atoms with E-state index in [0.29, 0.717) is 0 Å². The van der Waals surface area contributed by atoms with Gasteiger partial charge in [0.05, 0.1) is 5.69 Å². The summed E-state index contributed by atoms with van der Waals surface area (Å²) in [6, 6.07) is 5.79. The van der Waals surface area contributed by atoms with Crippen LogP contribution in [0.4, 0.5) is 0 Å². The minimum Gasteiger partial charge on any atom is -0.260 e. The molecule has 0 saturated heterocycles. The Bertz CT molecular complexity index is 443. The first-order chi connectivity index (χ1) is 7.45. The molecule has 0 aliphatic heterocycles. The number of rotatable bonds is 3. The molecule has 0 aliphatic carbocycles. The number of aromatic amines is 1. The first-order valence-corrected chi connectivity index (χ1v) is 4.56. The van der Waals surface area contributed by atoms with E-state index in [9.17, 15) is 0 Å². The van der Waals surface area contributed by atoms with Crippen molar-refractivity contribution in [3.05, 3.63) is 54.4 Å². The topological polar surface area (TPSA) is 54.5 Å². The van der Waals surface area contributed by atoms with E-state index in [2.05, 4.69) is 20.2 Å². The Balaban J connectivity index is 1.96. The zero-order valence-electron chi connectivity index (χ0n) is 8.04. The molecule has 15 heavy (non-hydrogen) atoms. The highest BCUT2D eigenvalue weighted by Crippen LogP contribution is 1.97. The van der Waals surface area contributed by atoms with Gasteiger partial charge in [0.2, 0.25) is 0 Å². The summed E-state index contributed by atoms with van der Waals surface area (Å²) < 4.78 is 0. The van der Waals surface area contributed by atoms with Crippen molar-refractivity contribution in [2.24, 2.45) is 0 Å². The SMILES string of the molecule is C(/C=C/c1ncn[nH]1)=C\c1ccccn1. The maximum atomic E-state index is 4.16. The van der Waals surface area contributed by atoms with Crippen LogP contribution in [0.1, 0.15) is 11.5 Å². The standard InChI is InChI=1S/C11H10N4/c1(2-7-11-13-9-14-15-11)5-10-6-3-4-8-12-10/h1-9H,(H,13,14,15)/b5-1+,7-2+. The molecule has 0 saturated carbocycles. The fourth-order valence-corrected chi connectivity index (χ4v) is 1.07. The van der Waals surface area contributed by atoms with E-state index in [1.54, 1.807) is 6.20 Å². The highest BCUT2D eigenvalue weighted by molar-refractivity contribution is 5.51. The van der Waals surface area contributed by atoms with Gasteiger partial charge in [-0.05, 0) is 24.3 Å². The molecule has 0 spiro atoms. The average molecular weight is 198 g/mol. The average Bonchev–Trinajstić information content (AvgIpc) is 2.79. The fraction of sp³-hybridized carbons (Fsp3) is 0. The molecular weight excluding hydrogens is 188 g/mol. The van der Waals surface area contributed by atoms with Crippen molar-refractivity contribution in [2.75, 3.05) is 0 Å². The van der Waals surface area contributed by atoms with Gasteiger partial charge < -0.3 is 0 Å². The van der Waals surface area contributed by atoms with E-state index < -0.39 is 0 Å². The Morgan fingerprint density at radius 3 is 2.73 bits per heavy atom. The summed E-state index contributed by atoms with van der Waals surface area (Å²) in [4.78, 5) is 8.11. The van der Waals surface area contributed by atoms with Gasteiger partial charge in [-0.3, -0.25) is 10.1 Å². The summed E-state index contributed by atoms with van der Waals surface area (Å²) in [7, 11) is 0. The quantitative estimate of drug-likeness (QED) is 0.766. The summed E-state index contributed by atoms with van der Waals surface area (Å²) >= 11 is 0. The maximum Gasteiger partial charge on any atom is 0.148 e. The molecule has 0 unspecified atom stereocenters. The lowest BCUT2D eigenvalue weighted by Gasteiger charge is -1.87. The Morgan fingerprint density at radius 2 is 2.00 bits per heavy atom. The van der Waals surface area contributed by atoms with Gasteiger partial charge >= 0.3 is 0 Å². The summed E-state index contributed by atoms with van der Waals surface area (Å²) in [5.74, 6) is 0.737. The third-order valence-corrected chi connectivity index (χ3v) is 1.75. The Hall–Kier alpha value is -2.23. The number of nitrogens with zero attached hydrogens (tertiary/aromatic N) is 3. The first kappa shape index (κ1) is 9.33. The molecule has 4 heteroatoms. The molecule has 2 aromatic heterocycles.